The number of halogens is 1. The molecular formula is C7H9FN2O2. The van der Waals surface area contributed by atoms with Crippen LogP contribution in [0.2, 0.25) is 0 Å². The maximum absolute atomic E-state index is 12.5. The van der Waals surface area contributed by atoms with Gasteiger partial charge >= 0.3 is 5.97 Å². The van der Waals surface area contributed by atoms with Crippen molar-refractivity contribution in [2.24, 2.45) is 0 Å². The average molecular weight is 172 g/mol. The number of rotatable bonds is 2. The Hall–Kier alpha value is -1.52. The van der Waals surface area contributed by atoms with Crippen molar-refractivity contribution in [2.45, 2.75) is 6.92 Å². The number of aromatic nitrogens is 1. The molecule has 0 bridgehead atoms. The second-order valence-electron chi connectivity index (χ2n) is 2.17. The van der Waals surface area contributed by atoms with E-state index >= 15 is 0 Å². The van der Waals surface area contributed by atoms with Crippen molar-refractivity contribution in [3.63, 3.8) is 0 Å². The number of hydrogen-bond acceptors (Lipinski definition) is 3. The van der Waals surface area contributed by atoms with E-state index in [1.807, 2.05) is 0 Å². The van der Waals surface area contributed by atoms with Gasteiger partial charge in [-0.25, -0.2) is 9.18 Å². The Balaban J connectivity index is 2.87. The van der Waals surface area contributed by atoms with Crippen LogP contribution in [-0.2, 0) is 4.74 Å². The van der Waals surface area contributed by atoms with E-state index < -0.39 is 11.8 Å². The summed E-state index contributed by atoms with van der Waals surface area (Å²) in [6.07, 6.45) is 1.01. The van der Waals surface area contributed by atoms with Gasteiger partial charge in [0.15, 0.2) is 0 Å². The summed E-state index contributed by atoms with van der Waals surface area (Å²) in [5.74, 6) is 4.07. The van der Waals surface area contributed by atoms with Gasteiger partial charge in [-0.05, 0) is 6.92 Å². The van der Waals surface area contributed by atoms with Crippen LogP contribution in [0, 0.1) is 5.82 Å². The third-order valence-electron chi connectivity index (χ3n) is 1.30. The monoisotopic (exact) mass is 172 g/mol. The Morgan fingerprint density at radius 2 is 2.50 bits per heavy atom. The van der Waals surface area contributed by atoms with E-state index in [2.05, 4.69) is 4.74 Å². The zero-order valence-electron chi connectivity index (χ0n) is 6.58. The Bertz CT molecular complexity index is 296. The number of nitrogens with zero attached hydrogens (tertiary/aromatic N) is 1. The molecule has 1 aromatic heterocycles. The summed E-state index contributed by atoms with van der Waals surface area (Å²) in [5.41, 5.74) is 0.00866. The van der Waals surface area contributed by atoms with Crippen molar-refractivity contribution in [2.75, 3.05) is 12.4 Å². The highest BCUT2D eigenvalue weighted by Gasteiger charge is 2.12. The fourth-order valence-electron chi connectivity index (χ4n) is 0.814. The highest BCUT2D eigenvalue weighted by molar-refractivity contribution is 5.87. The van der Waals surface area contributed by atoms with Gasteiger partial charge in [-0.2, -0.15) is 0 Å². The predicted octanol–water partition coefficient (Wildman–Crippen LogP) is 0.518. The molecule has 0 aliphatic heterocycles. The highest BCUT2D eigenvalue weighted by Crippen LogP contribution is 2.04. The third-order valence-corrected chi connectivity index (χ3v) is 1.30. The quantitative estimate of drug-likeness (QED) is 0.522. The van der Waals surface area contributed by atoms with Crippen LogP contribution in [0.4, 0.5) is 4.39 Å². The molecule has 0 fully saturated rings. The van der Waals surface area contributed by atoms with Crippen LogP contribution in [0.5, 0.6) is 0 Å². The van der Waals surface area contributed by atoms with Gasteiger partial charge in [0.2, 0.25) is 0 Å². The van der Waals surface area contributed by atoms with Crippen molar-refractivity contribution in [3.05, 3.63) is 23.8 Å². The number of esters is 1. The van der Waals surface area contributed by atoms with Gasteiger partial charge in [0, 0.05) is 6.07 Å². The molecule has 0 aliphatic carbocycles. The highest BCUT2D eigenvalue weighted by atomic mass is 19.1. The first kappa shape index (κ1) is 8.58. The molecule has 66 valence electrons. The van der Waals surface area contributed by atoms with Gasteiger partial charge < -0.3 is 10.6 Å². The van der Waals surface area contributed by atoms with Crippen molar-refractivity contribution in [1.29, 1.82) is 0 Å². The summed E-state index contributed by atoms with van der Waals surface area (Å²) in [5, 5.41) is 0. The van der Waals surface area contributed by atoms with Gasteiger partial charge in [0.1, 0.15) is 11.5 Å². The minimum absolute atomic E-state index is 0.00866. The van der Waals surface area contributed by atoms with E-state index in [0.717, 1.165) is 16.9 Å². The summed E-state index contributed by atoms with van der Waals surface area (Å²) in [7, 11) is 0. The molecule has 0 radical (unpaired) electrons. The molecule has 1 rings (SSSR count). The van der Waals surface area contributed by atoms with E-state index in [1.165, 1.54) is 0 Å². The second-order valence-corrected chi connectivity index (χ2v) is 2.17. The van der Waals surface area contributed by atoms with Crippen LogP contribution >= 0.6 is 0 Å². The number of carbonyl (C=O) groups excluding carboxylic acids is 1. The fourth-order valence-corrected chi connectivity index (χ4v) is 0.814. The van der Waals surface area contributed by atoms with E-state index in [-0.39, 0.29) is 12.3 Å². The summed E-state index contributed by atoms with van der Waals surface area (Å²) >= 11 is 0. The smallest absolute Gasteiger partial charge is 0.356 e. The molecule has 0 amide bonds. The lowest BCUT2D eigenvalue weighted by molar-refractivity contribution is 0.0516. The predicted molar refractivity (Wildman–Crippen MR) is 40.5 cm³/mol. The molecule has 4 nitrogen and oxygen atoms in total. The van der Waals surface area contributed by atoms with Crippen LogP contribution in [0.3, 0.4) is 0 Å². The van der Waals surface area contributed by atoms with Crippen LogP contribution in [0.1, 0.15) is 17.4 Å². The average Bonchev–Trinajstić information content (AvgIpc) is 2.30. The molecule has 0 aromatic carbocycles. The van der Waals surface area contributed by atoms with Gasteiger partial charge in [-0.1, -0.05) is 0 Å². The fraction of sp³-hybridized carbons (Fsp3) is 0.286. The number of nitrogen functional groups attached to an aromatic ring is 1. The molecule has 0 atom stereocenters. The number of carbonyl (C=O) groups is 1. The van der Waals surface area contributed by atoms with Crippen molar-refractivity contribution < 1.29 is 13.9 Å². The summed E-state index contributed by atoms with van der Waals surface area (Å²) in [6.45, 7) is 1.91. The molecule has 0 spiro atoms. The first-order valence-electron chi connectivity index (χ1n) is 3.45. The van der Waals surface area contributed by atoms with E-state index in [0.29, 0.717) is 0 Å². The van der Waals surface area contributed by atoms with E-state index in [9.17, 15) is 9.18 Å². The molecule has 5 heteroatoms. The Morgan fingerprint density at radius 1 is 1.83 bits per heavy atom. The van der Waals surface area contributed by atoms with Gasteiger partial charge in [0.05, 0.1) is 12.8 Å². The van der Waals surface area contributed by atoms with Crippen molar-refractivity contribution in [1.82, 2.24) is 4.68 Å². The normalized spacial score (nSPS) is 9.83. The molecule has 12 heavy (non-hydrogen) atoms. The van der Waals surface area contributed by atoms with Gasteiger partial charge in [-0.15, -0.1) is 0 Å². The van der Waals surface area contributed by atoms with E-state index in [4.69, 9.17) is 5.84 Å². The zero-order valence-corrected chi connectivity index (χ0v) is 6.58. The number of ether oxygens (including phenoxy) is 1. The third kappa shape index (κ3) is 1.55. The number of hydrogen-bond donors (Lipinski definition) is 1. The molecule has 0 saturated carbocycles. The number of nitrogens with two attached hydrogens (primary N) is 1. The van der Waals surface area contributed by atoms with Crippen molar-refractivity contribution in [3.8, 4) is 0 Å². The van der Waals surface area contributed by atoms with Gasteiger partial charge in [-0.3, -0.25) is 4.68 Å². The lowest BCUT2D eigenvalue weighted by Gasteiger charge is -2.00. The first-order chi connectivity index (χ1) is 5.65. The summed E-state index contributed by atoms with van der Waals surface area (Å²) < 4.78 is 18.0. The topological polar surface area (TPSA) is 57.2 Å². The summed E-state index contributed by atoms with van der Waals surface area (Å²) in [6, 6.07) is 1.03. The molecule has 0 unspecified atom stereocenters. The van der Waals surface area contributed by atoms with E-state index in [1.54, 1.807) is 6.92 Å². The standard InChI is InChI=1S/C7H9FN2O2/c1-2-12-7(11)6-3-5(8)4-10(6)9/h3-4H,2,9H2,1H3. The first-order valence-corrected chi connectivity index (χ1v) is 3.45. The second kappa shape index (κ2) is 3.25. The van der Waals surface area contributed by atoms with Crippen molar-refractivity contribution >= 4 is 5.97 Å². The molecule has 2 N–H and O–H groups in total. The Labute approximate surface area is 68.7 Å². The zero-order chi connectivity index (χ0) is 9.14. The Kier molecular flexibility index (Phi) is 2.32. The molecule has 1 heterocycles. The molecule has 0 aliphatic rings. The Morgan fingerprint density at radius 3 is 2.92 bits per heavy atom. The SMILES string of the molecule is CCOC(=O)c1cc(F)cn1N. The minimum Gasteiger partial charge on any atom is -0.461 e. The lowest BCUT2D eigenvalue weighted by atomic mass is 10.4. The summed E-state index contributed by atoms with van der Waals surface area (Å²) in [4.78, 5) is 11.0. The molecule has 1 aromatic rings. The molecular weight excluding hydrogens is 163 g/mol. The minimum atomic E-state index is -0.621. The van der Waals surface area contributed by atoms with Crippen LogP contribution < -0.4 is 5.84 Å². The maximum atomic E-state index is 12.5. The maximum Gasteiger partial charge on any atom is 0.356 e. The van der Waals surface area contributed by atoms with Crippen LogP contribution in [0.15, 0.2) is 12.3 Å². The van der Waals surface area contributed by atoms with Crippen LogP contribution in [0.25, 0.3) is 0 Å². The lowest BCUT2D eigenvalue weighted by Crippen LogP contribution is -2.16. The van der Waals surface area contributed by atoms with Crippen LogP contribution in [-0.4, -0.2) is 17.3 Å². The van der Waals surface area contributed by atoms with Gasteiger partial charge in [0.25, 0.3) is 0 Å². The largest absolute Gasteiger partial charge is 0.461 e. The molecule has 0 saturated heterocycles.